The van der Waals surface area contributed by atoms with E-state index in [9.17, 15) is 9.59 Å². The Balaban J connectivity index is 1.58. The van der Waals surface area contributed by atoms with Gasteiger partial charge in [0, 0.05) is 16.9 Å². The zero-order valence-electron chi connectivity index (χ0n) is 14.7. The zero-order valence-corrected chi connectivity index (χ0v) is 16.2. The van der Waals surface area contributed by atoms with E-state index in [1.807, 2.05) is 6.07 Å². The van der Waals surface area contributed by atoms with E-state index in [0.29, 0.717) is 32.7 Å². The van der Waals surface area contributed by atoms with Crippen molar-refractivity contribution in [1.82, 2.24) is 0 Å². The Kier molecular flexibility index (Phi) is 6.53. The standard InChI is InChI=1S/C21H17Cl2N3O2/c22-17-10-5-11-18(20(17)23)24-13-19(27)25-15-8-4-9-16(12-15)26-21(28)14-6-2-1-3-7-14/h1-12,24H,13H2,(H,25,27)(H,26,28). The summed E-state index contributed by atoms with van der Waals surface area (Å²) in [5.41, 5.74) is 2.28. The van der Waals surface area contributed by atoms with Crippen molar-refractivity contribution in [3.05, 3.63) is 88.4 Å². The van der Waals surface area contributed by atoms with Gasteiger partial charge in [-0.2, -0.15) is 0 Å². The van der Waals surface area contributed by atoms with Crippen molar-refractivity contribution in [2.45, 2.75) is 0 Å². The van der Waals surface area contributed by atoms with Gasteiger partial charge in [-0.25, -0.2) is 0 Å². The highest BCUT2D eigenvalue weighted by molar-refractivity contribution is 6.43. The average Bonchev–Trinajstić information content (AvgIpc) is 2.70. The Morgan fingerprint density at radius 2 is 1.46 bits per heavy atom. The van der Waals surface area contributed by atoms with Crippen LogP contribution in [0.15, 0.2) is 72.8 Å². The third-order valence-corrected chi connectivity index (χ3v) is 4.65. The van der Waals surface area contributed by atoms with Crippen LogP contribution in [0.2, 0.25) is 10.0 Å². The summed E-state index contributed by atoms with van der Waals surface area (Å²) in [7, 11) is 0. The monoisotopic (exact) mass is 413 g/mol. The molecule has 0 saturated carbocycles. The van der Waals surface area contributed by atoms with E-state index in [1.165, 1.54) is 0 Å². The Hall–Kier alpha value is -3.02. The van der Waals surface area contributed by atoms with Crippen LogP contribution in [0.4, 0.5) is 17.1 Å². The molecule has 5 nitrogen and oxygen atoms in total. The number of benzene rings is 3. The first-order valence-electron chi connectivity index (χ1n) is 8.47. The van der Waals surface area contributed by atoms with Gasteiger partial charge in [-0.3, -0.25) is 9.59 Å². The number of carbonyl (C=O) groups is 2. The van der Waals surface area contributed by atoms with Gasteiger partial charge in [-0.05, 0) is 42.5 Å². The number of nitrogens with one attached hydrogen (secondary N) is 3. The first kappa shape index (κ1) is 19.7. The number of anilines is 3. The highest BCUT2D eigenvalue weighted by Crippen LogP contribution is 2.29. The molecule has 0 aliphatic rings. The molecule has 2 amide bonds. The molecule has 28 heavy (non-hydrogen) atoms. The van der Waals surface area contributed by atoms with Crippen LogP contribution in [-0.4, -0.2) is 18.4 Å². The molecule has 0 spiro atoms. The van der Waals surface area contributed by atoms with Crippen LogP contribution in [0.5, 0.6) is 0 Å². The van der Waals surface area contributed by atoms with Gasteiger partial charge in [0.15, 0.2) is 0 Å². The predicted octanol–water partition coefficient (Wildman–Crippen LogP) is 5.30. The van der Waals surface area contributed by atoms with Crippen LogP contribution < -0.4 is 16.0 Å². The maximum absolute atomic E-state index is 12.2. The van der Waals surface area contributed by atoms with Gasteiger partial charge in [-0.1, -0.05) is 53.5 Å². The lowest BCUT2D eigenvalue weighted by molar-refractivity contribution is -0.114. The van der Waals surface area contributed by atoms with Crippen LogP contribution in [-0.2, 0) is 4.79 Å². The molecule has 0 aliphatic carbocycles. The van der Waals surface area contributed by atoms with E-state index in [-0.39, 0.29) is 18.4 Å². The van der Waals surface area contributed by atoms with Crippen molar-refractivity contribution in [2.24, 2.45) is 0 Å². The van der Waals surface area contributed by atoms with E-state index in [4.69, 9.17) is 23.2 Å². The van der Waals surface area contributed by atoms with Gasteiger partial charge in [-0.15, -0.1) is 0 Å². The van der Waals surface area contributed by atoms with Crippen LogP contribution in [0, 0.1) is 0 Å². The normalized spacial score (nSPS) is 10.2. The van der Waals surface area contributed by atoms with Crippen LogP contribution in [0.1, 0.15) is 10.4 Å². The fraction of sp³-hybridized carbons (Fsp3) is 0.0476. The van der Waals surface area contributed by atoms with Crippen molar-refractivity contribution in [1.29, 1.82) is 0 Å². The predicted molar refractivity (Wildman–Crippen MR) is 114 cm³/mol. The Morgan fingerprint density at radius 3 is 2.21 bits per heavy atom. The van der Waals surface area contributed by atoms with E-state index >= 15 is 0 Å². The number of hydrogen-bond acceptors (Lipinski definition) is 3. The molecule has 3 aromatic rings. The average molecular weight is 414 g/mol. The fourth-order valence-electron chi connectivity index (χ4n) is 2.49. The quantitative estimate of drug-likeness (QED) is 0.513. The SMILES string of the molecule is O=C(CNc1cccc(Cl)c1Cl)Nc1cccc(NC(=O)c2ccccc2)c1. The molecule has 0 radical (unpaired) electrons. The minimum Gasteiger partial charge on any atom is -0.375 e. The molecule has 0 aliphatic heterocycles. The summed E-state index contributed by atoms with van der Waals surface area (Å²) < 4.78 is 0. The number of hydrogen-bond donors (Lipinski definition) is 3. The molecule has 3 aromatic carbocycles. The number of halogens is 2. The largest absolute Gasteiger partial charge is 0.375 e. The van der Waals surface area contributed by atoms with E-state index in [2.05, 4.69) is 16.0 Å². The van der Waals surface area contributed by atoms with Crippen molar-refractivity contribution in [3.63, 3.8) is 0 Å². The van der Waals surface area contributed by atoms with Gasteiger partial charge in [0.2, 0.25) is 5.91 Å². The lowest BCUT2D eigenvalue weighted by atomic mass is 10.2. The maximum Gasteiger partial charge on any atom is 0.255 e. The van der Waals surface area contributed by atoms with Gasteiger partial charge in [0.1, 0.15) is 0 Å². The number of rotatable bonds is 6. The van der Waals surface area contributed by atoms with Crippen molar-refractivity contribution < 1.29 is 9.59 Å². The lowest BCUT2D eigenvalue weighted by Gasteiger charge is -2.11. The number of amides is 2. The molecule has 142 valence electrons. The minimum absolute atomic E-state index is 0.0145. The van der Waals surface area contributed by atoms with Crippen LogP contribution in [0.3, 0.4) is 0 Å². The summed E-state index contributed by atoms with van der Waals surface area (Å²) >= 11 is 12.0. The second-order valence-electron chi connectivity index (χ2n) is 5.90. The smallest absolute Gasteiger partial charge is 0.255 e. The molecule has 3 rings (SSSR count). The molecule has 0 atom stereocenters. The second-order valence-corrected chi connectivity index (χ2v) is 6.69. The molecule has 3 N–H and O–H groups in total. The summed E-state index contributed by atoms with van der Waals surface area (Å²) in [4.78, 5) is 24.4. The third kappa shape index (κ3) is 5.25. The molecular formula is C21H17Cl2N3O2. The summed E-state index contributed by atoms with van der Waals surface area (Å²) in [6, 6.07) is 21.0. The van der Waals surface area contributed by atoms with Crippen LogP contribution >= 0.6 is 23.2 Å². The zero-order chi connectivity index (χ0) is 19.9. The molecule has 0 saturated heterocycles. The molecule has 0 bridgehead atoms. The molecule has 0 unspecified atom stereocenters. The first-order valence-corrected chi connectivity index (χ1v) is 9.23. The minimum atomic E-state index is -0.262. The van der Waals surface area contributed by atoms with Gasteiger partial charge in [0.05, 0.1) is 22.3 Å². The Morgan fingerprint density at radius 1 is 0.786 bits per heavy atom. The summed E-state index contributed by atoms with van der Waals surface area (Å²) in [6.07, 6.45) is 0. The summed E-state index contributed by atoms with van der Waals surface area (Å²) in [5.74, 6) is -0.482. The Bertz CT molecular complexity index is 994. The van der Waals surface area contributed by atoms with Crippen LogP contribution in [0.25, 0.3) is 0 Å². The number of carbonyl (C=O) groups excluding carboxylic acids is 2. The fourth-order valence-corrected chi connectivity index (χ4v) is 2.86. The van der Waals surface area contributed by atoms with E-state index in [0.717, 1.165) is 0 Å². The van der Waals surface area contributed by atoms with Gasteiger partial charge < -0.3 is 16.0 Å². The summed E-state index contributed by atoms with van der Waals surface area (Å²) in [5, 5.41) is 9.29. The van der Waals surface area contributed by atoms with Crippen molar-refractivity contribution in [2.75, 3.05) is 22.5 Å². The highest BCUT2D eigenvalue weighted by atomic mass is 35.5. The second kappa shape index (κ2) is 9.26. The van der Waals surface area contributed by atoms with E-state index in [1.54, 1.807) is 66.7 Å². The highest BCUT2D eigenvalue weighted by Gasteiger charge is 2.09. The van der Waals surface area contributed by atoms with Crippen molar-refractivity contribution in [3.8, 4) is 0 Å². The van der Waals surface area contributed by atoms with Gasteiger partial charge >= 0.3 is 0 Å². The van der Waals surface area contributed by atoms with Gasteiger partial charge in [0.25, 0.3) is 5.91 Å². The third-order valence-electron chi connectivity index (χ3n) is 3.83. The topological polar surface area (TPSA) is 70.2 Å². The van der Waals surface area contributed by atoms with E-state index < -0.39 is 0 Å². The lowest BCUT2D eigenvalue weighted by Crippen LogP contribution is -2.22. The molecule has 0 heterocycles. The maximum atomic E-state index is 12.2. The molecule has 0 fully saturated rings. The first-order chi connectivity index (χ1) is 13.5. The molecular weight excluding hydrogens is 397 g/mol. The summed E-state index contributed by atoms with van der Waals surface area (Å²) in [6.45, 7) is 0.0145. The Labute approximate surface area is 172 Å². The van der Waals surface area contributed by atoms with Crippen molar-refractivity contribution >= 4 is 52.1 Å². The molecule has 7 heteroatoms. The molecule has 0 aromatic heterocycles.